The predicted molar refractivity (Wildman–Crippen MR) is 115 cm³/mol. The van der Waals surface area contributed by atoms with Crippen LogP contribution in [-0.2, 0) is 6.42 Å². The zero-order valence-electron chi connectivity index (χ0n) is 14.9. The Balaban J connectivity index is 1.75. The lowest BCUT2D eigenvalue weighted by Crippen LogP contribution is -1.88. The molecule has 0 atom stereocenters. The van der Waals surface area contributed by atoms with Crippen LogP contribution >= 0.6 is 0 Å². The summed E-state index contributed by atoms with van der Waals surface area (Å²) in [6, 6.07) is 35.4. The van der Waals surface area contributed by atoms with Crippen LogP contribution in [-0.4, -0.2) is 0 Å². The zero-order chi connectivity index (χ0) is 17.8. The summed E-state index contributed by atoms with van der Waals surface area (Å²) in [7, 11) is 0. The van der Waals surface area contributed by atoms with Gasteiger partial charge in [0.1, 0.15) is 0 Å². The molecular formula is C27H18. The highest BCUT2D eigenvalue weighted by molar-refractivity contribution is 6.13. The Kier molecular flexibility index (Phi) is 3.04. The molecule has 0 fully saturated rings. The van der Waals surface area contributed by atoms with Gasteiger partial charge in [0.2, 0.25) is 0 Å². The Bertz CT molecular complexity index is 1330. The van der Waals surface area contributed by atoms with E-state index in [1.165, 1.54) is 54.9 Å². The van der Waals surface area contributed by atoms with Crippen LogP contribution in [0.4, 0.5) is 0 Å². The minimum absolute atomic E-state index is 1.01. The van der Waals surface area contributed by atoms with Crippen LogP contribution in [0.25, 0.3) is 43.8 Å². The van der Waals surface area contributed by atoms with Gasteiger partial charge in [-0.05, 0) is 67.4 Å². The summed E-state index contributed by atoms with van der Waals surface area (Å²) in [5.74, 6) is 0. The van der Waals surface area contributed by atoms with Crippen molar-refractivity contribution in [2.75, 3.05) is 0 Å². The molecule has 1 aliphatic rings. The summed E-state index contributed by atoms with van der Waals surface area (Å²) >= 11 is 0. The molecule has 27 heavy (non-hydrogen) atoms. The molecule has 5 aromatic carbocycles. The van der Waals surface area contributed by atoms with E-state index in [0.29, 0.717) is 0 Å². The minimum Gasteiger partial charge on any atom is -0.0622 e. The molecule has 0 N–H and O–H groups in total. The minimum atomic E-state index is 1.01. The lowest BCUT2D eigenvalue weighted by molar-refractivity contribution is 1.27. The van der Waals surface area contributed by atoms with Crippen molar-refractivity contribution in [1.29, 1.82) is 0 Å². The average molecular weight is 342 g/mol. The molecule has 5 aromatic rings. The first-order chi connectivity index (χ1) is 13.4. The van der Waals surface area contributed by atoms with Gasteiger partial charge in [-0.25, -0.2) is 0 Å². The molecule has 0 nitrogen and oxygen atoms in total. The van der Waals surface area contributed by atoms with Crippen LogP contribution in [0.5, 0.6) is 0 Å². The fourth-order valence-electron chi connectivity index (χ4n) is 4.69. The maximum Gasteiger partial charge on any atom is -0.00128 e. The van der Waals surface area contributed by atoms with Crippen molar-refractivity contribution in [1.82, 2.24) is 0 Å². The van der Waals surface area contributed by atoms with Crippen LogP contribution in [0.3, 0.4) is 0 Å². The summed E-state index contributed by atoms with van der Waals surface area (Å²) in [5, 5.41) is 5.39. The number of fused-ring (bicyclic) bond motifs is 7. The Morgan fingerprint density at radius 2 is 1.15 bits per heavy atom. The Morgan fingerprint density at radius 1 is 0.481 bits per heavy atom. The fraction of sp³-hybridized carbons (Fsp3) is 0.0370. The molecule has 0 amide bonds. The second-order valence-electron chi connectivity index (χ2n) is 7.37. The van der Waals surface area contributed by atoms with Crippen LogP contribution in [0.1, 0.15) is 11.1 Å². The van der Waals surface area contributed by atoms with E-state index < -0.39 is 0 Å². The molecule has 0 spiro atoms. The highest BCUT2D eigenvalue weighted by Crippen LogP contribution is 2.47. The van der Waals surface area contributed by atoms with E-state index in [9.17, 15) is 0 Å². The largest absolute Gasteiger partial charge is 0.0622 e. The molecule has 6 rings (SSSR count). The van der Waals surface area contributed by atoms with Gasteiger partial charge in [-0.15, -0.1) is 0 Å². The number of benzene rings is 5. The number of hydrogen-bond acceptors (Lipinski definition) is 0. The fourth-order valence-corrected chi connectivity index (χ4v) is 4.69. The van der Waals surface area contributed by atoms with E-state index in [4.69, 9.17) is 0 Å². The highest BCUT2D eigenvalue weighted by Gasteiger charge is 2.24. The van der Waals surface area contributed by atoms with Crippen molar-refractivity contribution in [2.45, 2.75) is 6.42 Å². The Hall–Kier alpha value is -3.38. The third-order valence-electron chi connectivity index (χ3n) is 5.86. The summed E-state index contributed by atoms with van der Waals surface area (Å²) in [6.07, 6.45) is 1.01. The van der Waals surface area contributed by atoms with Crippen molar-refractivity contribution in [2.24, 2.45) is 0 Å². The van der Waals surface area contributed by atoms with Gasteiger partial charge in [-0.1, -0.05) is 91.0 Å². The van der Waals surface area contributed by atoms with Gasteiger partial charge in [0.05, 0.1) is 0 Å². The first-order valence-electron chi connectivity index (χ1n) is 9.51. The molecule has 126 valence electrons. The molecule has 0 saturated carbocycles. The maximum atomic E-state index is 2.42. The summed E-state index contributed by atoms with van der Waals surface area (Å²) in [6.45, 7) is 0. The van der Waals surface area contributed by atoms with Gasteiger partial charge >= 0.3 is 0 Å². The summed E-state index contributed by atoms with van der Waals surface area (Å²) < 4.78 is 0. The number of hydrogen-bond donors (Lipinski definition) is 0. The number of rotatable bonds is 1. The normalized spacial score (nSPS) is 12.3. The quantitative estimate of drug-likeness (QED) is 0.296. The van der Waals surface area contributed by atoms with Gasteiger partial charge in [0.15, 0.2) is 0 Å². The maximum absolute atomic E-state index is 2.42. The third-order valence-corrected chi connectivity index (χ3v) is 5.86. The van der Waals surface area contributed by atoms with Crippen LogP contribution in [0, 0.1) is 0 Å². The van der Waals surface area contributed by atoms with E-state index >= 15 is 0 Å². The molecule has 0 saturated heterocycles. The smallest absolute Gasteiger partial charge is 0.00128 e. The average Bonchev–Trinajstić information content (AvgIpc) is 3.13. The van der Waals surface area contributed by atoms with E-state index in [1.54, 1.807) is 0 Å². The van der Waals surface area contributed by atoms with Crippen molar-refractivity contribution in [3.05, 3.63) is 108 Å². The molecule has 1 aliphatic carbocycles. The summed E-state index contributed by atoms with van der Waals surface area (Å²) in [4.78, 5) is 0. The summed E-state index contributed by atoms with van der Waals surface area (Å²) in [5.41, 5.74) is 8.37. The molecule has 0 heterocycles. The van der Waals surface area contributed by atoms with Crippen LogP contribution in [0.2, 0.25) is 0 Å². The van der Waals surface area contributed by atoms with Gasteiger partial charge in [-0.3, -0.25) is 0 Å². The first kappa shape index (κ1) is 14.8. The van der Waals surface area contributed by atoms with Crippen molar-refractivity contribution in [3.8, 4) is 22.3 Å². The Morgan fingerprint density at radius 3 is 2.00 bits per heavy atom. The second kappa shape index (κ2) is 5.56. The van der Waals surface area contributed by atoms with Gasteiger partial charge in [0, 0.05) is 0 Å². The van der Waals surface area contributed by atoms with Crippen LogP contribution in [0.15, 0.2) is 97.1 Å². The molecule has 0 aliphatic heterocycles. The molecule has 0 aromatic heterocycles. The van der Waals surface area contributed by atoms with Crippen molar-refractivity contribution >= 4 is 21.5 Å². The molecule has 0 bridgehead atoms. The van der Waals surface area contributed by atoms with Crippen molar-refractivity contribution < 1.29 is 0 Å². The lowest BCUT2D eigenvalue weighted by Gasteiger charge is -2.14. The van der Waals surface area contributed by atoms with E-state index in [1.807, 2.05) is 0 Å². The molecular weight excluding hydrogens is 324 g/mol. The highest BCUT2D eigenvalue weighted by atomic mass is 14.3. The lowest BCUT2D eigenvalue weighted by atomic mass is 9.90. The second-order valence-corrected chi connectivity index (χ2v) is 7.37. The SMILES string of the molecule is c1ccc(-c2cc3c(c4ccccc24)-c2c(ccc4ccccc24)C3)cc1. The van der Waals surface area contributed by atoms with E-state index in [2.05, 4.69) is 97.1 Å². The van der Waals surface area contributed by atoms with Gasteiger partial charge < -0.3 is 0 Å². The molecule has 0 unspecified atom stereocenters. The van der Waals surface area contributed by atoms with E-state index in [0.717, 1.165) is 6.42 Å². The molecule has 0 radical (unpaired) electrons. The Labute approximate surface area is 158 Å². The third kappa shape index (κ3) is 2.10. The topological polar surface area (TPSA) is 0 Å². The van der Waals surface area contributed by atoms with Crippen molar-refractivity contribution in [3.63, 3.8) is 0 Å². The zero-order valence-corrected chi connectivity index (χ0v) is 14.9. The monoisotopic (exact) mass is 342 g/mol. The molecule has 0 heteroatoms. The first-order valence-corrected chi connectivity index (χ1v) is 9.51. The van der Waals surface area contributed by atoms with Gasteiger partial charge in [0.25, 0.3) is 0 Å². The van der Waals surface area contributed by atoms with E-state index in [-0.39, 0.29) is 0 Å². The predicted octanol–water partition coefficient (Wildman–Crippen LogP) is 7.23. The standard InChI is InChI=1S/C27H18/c1-2-8-18(9-3-1)25-17-21-16-20-15-14-19-10-4-5-11-22(19)26(20)27(21)24-13-7-6-12-23(24)25/h1-15,17H,16H2. The van der Waals surface area contributed by atoms with Crippen LogP contribution < -0.4 is 0 Å². The van der Waals surface area contributed by atoms with Gasteiger partial charge in [-0.2, -0.15) is 0 Å².